The molecule has 0 unspecified atom stereocenters. The highest BCUT2D eigenvalue weighted by atomic mass is 79.9. The van der Waals surface area contributed by atoms with Gasteiger partial charge in [0.25, 0.3) is 0 Å². The van der Waals surface area contributed by atoms with Crippen LogP contribution in [0.3, 0.4) is 0 Å². The Balaban J connectivity index is 2.25. The molecule has 2 aromatic rings. The summed E-state index contributed by atoms with van der Waals surface area (Å²) in [6.45, 7) is 2.02. The van der Waals surface area contributed by atoms with E-state index in [4.69, 9.17) is 5.26 Å². The Kier molecular flexibility index (Phi) is 3.40. The molecule has 2 rings (SSSR count). The number of anilines is 2. The topological polar surface area (TPSA) is 48.7 Å². The first-order valence-electron chi connectivity index (χ1n) is 5.08. The van der Waals surface area contributed by atoms with Gasteiger partial charge in [-0.05, 0) is 42.8 Å². The second-order valence-corrected chi connectivity index (χ2v) is 4.48. The first kappa shape index (κ1) is 11.6. The van der Waals surface area contributed by atoms with Crippen LogP contribution in [-0.2, 0) is 0 Å². The predicted molar refractivity (Wildman–Crippen MR) is 71.1 cm³/mol. The minimum Gasteiger partial charge on any atom is -0.340 e. The van der Waals surface area contributed by atoms with E-state index in [9.17, 15) is 0 Å². The summed E-state index contributed by atoms with van der Waals surface area (Å²) >= 11 is 3.45. The first-order valence-corrected chi connectivity index (χ1v) is 5.87. The van der Waals surface area contributed by atoms with Crippen molar-refractivity contribution in [3.05, 3.63) is 52.1 Å². The molecule has 0 aliphatic carbocycles. The van der Waals surface area contributed by atoms with Crippen LogP contribution in [0.15, 0.2) is 41.0 Å². The summed E-state index contributed by atoms with van der Waals surface area (Å²) in [5, 5.41) is 12.0. The molecule has 0 fully saturated rings. The Morgan fingerprint density at radius 1 is 1.29 bits per heavy atom. The number of pyridine rings is 1. The lowest BCUT2D eigenvalue weighted by atomic mass is 10.2. The molecule has 4 heteroatoms. The molecule has 1 aromatic carbocycles. The Morgan fingerprint density at radius 3 is 2.82 bits per heavy atom. The summed E-state index contributed by atoms with van der Waals surface area (Å²) in [6, 6.07) is 11.4. The number of rotatable bonds is 2. The quantitative estimate of drug-likeness (QED) is 0.915. The number of nitrogens with zero attached hydrogens (tertiary/aromatic N) is 2. The number of halogens is 1. The standard InChI is InChI=1S/C13H10BrN3/c1-9-6-11(2-3-12(9)14)17-13-7-10(8-15)4-5-16-13/h2-7H,1H3,(H,16,17). The molecular formula is C13H10BrN3. The van der Waals surface area contributed by atoms with Gasteiger partial charge in [0.2, 0.25) is 0 Å². The van der Waals surface area contributed by atoms with E-state index in [-0.39, 0.29) is 0 Å². The third kappa shape index (κ3) is 2.83. The van der Waals surface area contributed by atoms with Crippen molar-refractivity contribution >= 4 is 27.4 Å². The number of hydrogen-bond donors (Lipinski definition) is 1. The van der Waals surface area contributed by atoms with Crippen LogP contribution in [0.2, 0.25) is 0 Å². The number of hydrogen-bond acceptors (Lipinski definition) is 3. The first-order chi connectivity index (χ1) is 8.19. The Bertz CT molecular complexity index is 587. The molecule has 0 radical (unpaired) electrons. The summed E-state index contributed by atoms with van der Waals surface area (Å²) in [4.78, 5) is 4.16. The van der Waals surface area contributed by atoms with Crippen molar-refractivity contribution in [2.45, 2.75) is 6.92 Å². The van der Waals surface area contributed by atoms with Gasteiger partial charge in [0.1, 0.15) is 5.82 Å². The maximum atomic E-state index is 8.80. The van der Waals surface area contributed by atoms with Crippen LogP contribution in [0, 0.1) is 18.3 Å². The fraction of sp³-hybridized carbons (Fsp3) is 0.0769. The largest absolute Gasteiger partial charge is 0.340 e. The minimum atomic E-state index is 0.594. The second-order valence-electron chi connectivity index (χ2n) is 3.63. The van der Waals surface area contributed by atoms with Crippen LogP contribution in [0.25, 0.3) is 0 Å². The Labute approximate surface area is 108 Å². The van der Waals surface area contributed by atoms with Gasteiger partial charge in [-0.15, -0.1) is 0 Å². The zero-order valence-corrected chi connectivity index (χ0v) is 10.8. The molecule has 0 spiro atoms. The number of nitrogens with one attached hydrogen (secondary N) is 1. The normalized spacial score (nSPS) is 9.71. The Hall–Kier alpha value is -1.86. The van der Waals surface area contributed by atoms with Gasteiger partial charge in [-0.1, -0.05) is 15.9 Å². The third-order valence-corrected chi connectivity index (χ3v) is 3.21. The molecule has 3 nitrogen and oxygen atoms in total. The lowest BCUT2D eigenvalue weighted by Crippen LogP contribution is -1.94. The molecule has 0 amide bonds. The van der Waals surface area contributed by atoms with Crippen molar-refractivity contribution in [3.8, 4) is 6.07 Å². The molecule has 1 N–H and O–H groups in total. The van der Waals surface area contributed by atoms with Gasteiger partial charge in [-0.25, -0.2) is 4.98 Å². The molecule has 1 heterocycles. The molecule has 0 saturated heterocycles. The fourth-order valence-electron chi connectivity index (χ4n) is 1.44. The third-order valence-electron chi connectivity index (χ3n) is 2.32. The van der Waals surface area contributed by atoms with Crippen molar-refractivity contribution < 1.29 is 0 Å². The summed E-state index contributed by atoms with van der Waals surface area (Å²) in [5.74, 6) is 0.672. The van der Waals surface area contributed by atoms with Crippen LogP contribution in [0.5, 0.6) is 0 Å². The maximum absolute atomic E-state index is 8.80. The van der Waals surface area contributed by atoms with E-state index < -0.39 is 0 Å². The highest BCUT2D eigenvalue weighted by molar-refractivity contribution is 9.10. The van der Waals surface area contributed by atoms with E-state index in [1.54, 1.807) is 18.3 Å². The van der Waals surface area contributed by atoms with Gasteiger partial charge in [-0.2, -0.15) is 5.26 Å². The van der Waals surface area contributed by atoms with Crippen molar-refractivity contribution in [2.75, 3.05) is 5.32 Å². The Morgan fingerprint density at radius 2 is 2.12 bits per heavy atom. The number of aromatic nitrogens is 1. The van der Waals surface area contributed by atoms with E-state index >= 15 is 0 Å². The number of nitriles is 1. The van der Waals surface area contributed by atoms with Crippen molar-refractivity contribution in [2.24, 2.45) is 0 Å². The molecule has 0 atom stereocenters. The average molecular weight is 288 g/mol. The second kappa shape index (κ2) is 4.98. The highest BCUT2D eigenvalue weighted by Crippen LogP contribution is 2.22. The van der Waals surface area contributed by atoms with E-state index in [1.165, 1.54) is 0 Å². The number of benzene rings is 1. The predicted octanol–water partition coefficient (Wildman–Crippen LogP) is 3.77. The lowest BCUT2D eigenvalue weighted by Gasteiger charge is -2.07. The summed E-state index contributed by atoms with van der Waals surface area (Å²) in [7, 11) is 0. The summed E-state index contributed by atoms with van der Waals surface area (Å²) in [5.41, 5.74) is 2.69. The molecule has 0 aliphatic heterocycles. The molecule has 1 aromatic heterocycles. The maximum Gasteiger partial charge on any atom is 0.131 e. The molecular weight excluding hydrogens is 278 g/mol. The van der Waals surface area contributed by atoms with Crippen LogP contribution in [0.4, 0.5) is 11.5 Å². The molecule has 0 saturated carbocycles. The van der Waals surface area contributed by atoms with Crippen molar-refractivity contribution in [1.29, 1.82) is 5.26 Å². The lowest BCUT2D eigenvalue weighted by molar-refractivity contribution is 1.29. The zero-order valence-electron chi connectivity index (χ0n) is 9.24. The molecule has 17 heavy (non-hydrogen) atoms. The van der Waals surface area contributed by atoms with Gasteiger partial charge in [-0.3, -0.25) is 0 Å². The van der Waals surface area contributed by atoms with Gasteiger partial charge in [0, 0.05) is 16.4 Å². The van der Waals surface area contributed by atoms with E-state index in [0.717, 1.165) is 15.7 Å². The smallest absolute Gasteiger partial charge is 0.131 e. The van der Waals surface area contributed by atoms with Crippen LogP contribution in [-0.4, -0.2) is 4.98 Å². The van der Waals surface area contributed by atoms with Crippen molar-refractivity contribution in [1.82, 2.24) is 4.98 Å². The SMILES string of the molecule is Cc1cc(Nc2cc(C#N)ccn2)ccc1Br. The van der Waals surface area contributed by atoms with Gasteiger partial charge in [0.05, 0.1) is 11.6 Å². The minimum absolute atomic E-state index is 0.594. The van der Waals surface area contributed by atoms with Gasteiger partial charge >= 0.3 is 0 Å². The van der Waals surface area contributed by atoms with E-state index in [1.807, 2.05) is 25.1 Å². The average Bonchev–Trinajstić information content (AvgIpc) is 2.34. The number of aryl methyl sites for hydroxylation is 1. The molecule has 84 valence electrons. The molecule has 0 bridgehead atoms. The van der Waals surface area contributed by atoms with Gasteiger partial charge in [0.15, 0.2) is 0 Å². The van der Waals surface area contributed by atoms with E-state index in [2.05, 4.69) is 32.3 Å². The summed E-state index contributed by atoms with van der Waals surface area (Å²) < 4.78 is 1.07. The zero-order chi connectivity index (χ0) is 12.3. The van der Waals surface area contributed by atoms with Crippen LogP contribution in [0.1, 0.15) is 11.1 Å². The van der Waals surface area contributed by atoms with Crippen LogP contribution < -0.4 is 5.32 Å². The fourth-order valence-corrected chi connectivity index (χ4v) is 1.69. The van der Waals surface area contributed by atoms with Crippen molar-refractivity contribution in [3.63, 3.8) is 0 Å². The van der Waals surface area contributed by atoms with Gasteiger partial charge < -0.3 is 5.32 Å². The monoisotopic (exact) mass is 287 g/mol. The molecule has 0 aliphatic rings. The van der Waals surface area contributed by atoms with Crippen LogP contribution >= 0.6 is 15.9 Å². The van der Waals surface area contributed by atoms with E-state index in [0.29, 0.717) is 11.4 Å². The highest BCUT2D eigenvalue weighted by Gasteiger charge is 2.00. The summed E-state index contributed by atoms with van der Waals surface area (Å²) in [6.07, 6.45) is 1.62.